The highest BCUT2D eigenvalue weighted by Gasteiger charge is 2.08. The number of anilines is 2. The van der Waals surface area contributed by atoms with Crippen molar-refractivity contribution in [3.8, 4) is 0 Å². The molecule has 0 fully saturated rings. The number of hydrogen-bond donors (Lipinski definition) is 2. The summed E-state index contributed by atoms with van der Waals surface area (Å²) in [6.45, 7) is 2.16. The van der Waals surface area contributed by atoms with E-state index in [2.05, 4.69) is 15.8 Å². The van der Waals surface area contributed by atoms with Crippen molar-refractivity contribution in [3.63, 3.8) is 0 Å². The summed E-state index contributed by atoms with van der Waals surface area (Å²) in [5.41, 5.74) is 0.626. The monoisotopic (exact) mass is 313 g/mol. The van der Waals surface area contributed by atoms with Gasteiger partial charge in [0.05, 0.1) is 15.7 Å². The Labute approximate surface area is 126 Å². The number of halogens is 2. The van der Waals surface area contributed by atoms with Gasteiger partial charge >= 0.3 is 0 Å². The van der Waals surface area contributed by atoms with Gasteiger partial charge in [-0.15, -0.1) is 0 Å². The zero-order valence-electron chi connectivity index (χ0n) is 10.7. The maximum atomic E-state index is 11.7. The van der Waals surface area contributed by atoms with Gasteiger partial charge in [0.1, 0.15) is 5.76 Å². The van der Waals surface area contributed by atoms with Gasteiger partial charge in [-0.2, -0.15) is 0 Å². The number of carbonyl (C=O) groups is 1. The molecule has 0 saturated heterocycles. The number of rotatable bonds is 5. The topological polar surface area (TPSA) is 67.2 Å². The fourth-order valence-electron chi connectivity index (χ4n) is 1.60. The third-order valence-electron chi connectivity index (χ3n) is 2.51. The first-order valence-electron chi connectivity index (χ1n) is 5.97. The molecule has 0 aliphatic rings. The normalized spacial score (nSPS) is 10.3. The number of aryl methyl sites for hydroxylation is 1. The minimum Gasteiger partial charge on any atom is -0.382 e. The lowest BCUT2D eigenvalue weighted by molar-refractivity contribution is -0.116. The molecule has 0 unspecified atom stereocenters. The van der Waals surface area contributed by atoms with Gasteiger partial charge in [0.2, 0.25) is 5.91 Å². The largest absolute Gasteiger partial charge is 0.382 e. The van der Waals surface area contributed by atoms with Crippen LogP contribution in [0.5, 0.6) is 0 Å². The van der Waals surface area contributed by atoms with E-state index in [-0.39, 0.29) is 12.3 Å². The molecule has 2 aromatic rings. The van der Waals surface area contributed by atoms with Crippen molar-refractivity contribution in [2.24, 2.45) is 0 Å². The summed E-state index contributed by atoms with van der Waals surface area (Å²) in [5, 5.41) is 10.4. The fourth-order valence-corrected chi connectivity index (χ4v) is 2.13. The number of carbonyl (C=O) groups excluding carboxylic acids is 1. The van der Waals surface area contributed by atoms with Crippen molar-refractivity contribution < 1.29 is 9.32 Å². The predicted octanol–water partition coefficient (Wildman–Crippen LogP) is 3.73. The lowest BCUT2D eigenvalue weighted by atomic mass is 10.3. The third kappa shape index (κ3) is 3.88. The summed E-state index contributed by atoms with van der Waals surface area (Å²) >= 11 is 12.0. The molecule has 1 aromatic heterocycles. The second kappa shape index (κ2) is 6.63. The van der Waals surface area contributed by atoms with Gasteiger partial charge in [-0.3, -0.25) is 4.79 Å². The van der Waals surface area contributed by atoms with E-state index in [0.29, 0.717) is 33.9 Å². The van der Waals surface area contributed by atoms with Gasteiger partial charge in [-0.1, -0.05) is 34.4 Å². The number of aromatic nitrogens is 1. The van der Waals surface area contributed by atoms with Crippen molar-refractivity contribution in [3.05, 3.63) is 40.1 Å². The molecule has 0 bridgehead atoms. The quantitative estimate of drug-likeness (QED) is 0.882. The lowest BCUT2D eigenvalue weighted by Crippen LogP contribution is -2.16. The second-order valence-corrected chi connectivity index (χ2v) is 4.96. The van der Waals surface area contributed by atoms with Gasteiger partial charge in [0, 0.05) is 19.0 Å². The van der Waals surface area contributed by atoms with Crippen LogP contribution < -0.4 is 10.6 Å². The smallest absolute Gasteiger partial charge is 0.227 e. The van der Waals surface area contributed by atoms with Crippen molar-refractivity contribution in [1.29, 1.82) is 0 Å². The molecule has 5 nitrogen and oxygen atoms in total. The van der Waals surface area contributed by atoms with Crippen molar-refractivity contribution in [2.45, 2.75) is 13.3 Å². The summed E-state index contributed by atoms with van der Waals surface area (Å²) in [6, 6.07) is 6.87. The van der Waals surface area contributed by atoms with Crippen LogP contribution >= 0.6 is 23.2 Å². The molecule has 0 aliphatic carbocycles. The Kier molecular flexibility index (Phi) is 4.87. The number of nitrogens with one attached hydrogen (secondary N) is 2. The van der Waals surface area contributed by atoms with E-state index in [1.165, 1.54) is 0 Å². The summed E-state index contributed by atoms with van der Waals surface area (Å²) in [4.78, 5) is 11.7. The van der Waals surface area contributed by atoms with Gasteiger partial charge in [-0.25, -0.2) is 0 Å². The number of nitrogens with zero attached hydrogens (tertiary/aromatic N) is 1. The van der Waals surface area contributed by atoms with Crippen molar-refractivity contribution in [1.82, 2.24) is 5.16 Å². The summed E-state index contributed by atoms with van der Waals surface area (Å²) in [5.74, 6) is 0.874. The summed E-state index contributed by atoms with van der Waals surface area (Å²) < 4.78 is 4.86. The lowest BCUT2D eigenvalue weighted by Gasteiger charge is -2.09. The van der Waals surface area contributed by atoms with E-state index in [4.69, 9.17) is 27.7 Å². The molecule has 7 heteroatoms. The first-order valence-corrected chi connectivity index (χ1v) is 6.73. The standard InChI is InChI=1S/C13H13Cl2N3O2/c1-8-7-11(18-20-8)17-12(19)5-6-16-13-9(14)3-2-4-10(13)15/h2-4,7,16H,5-6H2,1H3,(H,17,18,19). The molecule has 1 amide bonds. The fraction of sp³-hybridized carbons (Fsp3) is 0.231. The highest BCUT2D eigenvalue weighted by molar-refractivity contribution is 6.39. The van der Waals surface area contributed by atoms with Crippen molar-refractivity contribution >= 4 is 40.6 Å². The van der Waals surface area contributed by atoms with E-state index in [1.807, 2.05) is 0 Å². The van der Waals surface area contributed by atoms with Crippen LogP contribution in [0, 0.1) is 6.92 Å². The zero-order chi connectivity index (χ0) is 14.5. The molecule has 0 spiro atoms. The molecule has 0 aliphatic heterocycles. The van der Waals surface area contributed by atoms with Crippen LogP contribution in [0.2, 0.25) is 10.0 Å². The maximum Gasteiger partial charge on any atom is 0.227 e. The molecule has 106 valence electrons. The average Bonchev–Trinajstić information content (AvgIpc) is 2.78. The average molecular weight is 314 g/mol. The molecular weight excluding hydrogens is 301 g/mol. The minimum atomic E-state index is -0.172. The number of para-hydroxylation sites is 1. The Morgan fingerprint density at radius 2 is 2.05 bits per heavy atom. The van der Waals surface area contributed by atoms with E-state index in [1.54, 1.807) is 31.2 Å². The molecule has 2 N–H and O–H groups in total. The molecular formula is C13H13Cl2N3O2. The Morgan fingerprint density at radius 1 is 1.35 bits per heavy atom. The molecule has 0 atom stereocenters. The molecule has 2 rings (SSSR count). The highest BCUT2D eigenvalue weighted by Crippen LogP contribution is 2.29. The minimum absolute atomic E-state index is 0.172. The van der Waals surface area contributed by atoms with E-state index < -0.39 is 0 Å². The summed E-state index contributed by atoms with van der Waals surface area (Å²) in [6.07, 6.45) is 0.257. The Bertz CT molecular complexity index is 593. The van der Waals surface area contributed by atoms with E-state index >= 15 is 0 Å². The number of hydrogen-bond acceptors (Lipinski definition) is 4. The first-order chi connectivity index (χ1) is 9.56. The molecule has 1 heterocycles. The summed E-state index contributed by atoms with van der Waals surface area (Å²) in [7, 11) is 0. The zero-order valence-corrected chi connectivity index (χ0v) is 12.3. The Morgan fingerprint density at radius 3 is 2.65 bits per heavy atom. The SMILES string of the molecule is Cc1cc(NC(=O)CCNc2c(Cl)cccc2Cl)no1. The molecule has 0 radical (unpaired) electrons. The van der Waals surface area contributed by atoms with Crippen LogP contribution in [-0.4, -0.2) is 17.6 Å². The third-order valence-corrected chi connectivity index (χ3v) is 3.14. The van der Waals surface area contributed by atoms with Crippen LogP contribution in [0.1, 0.15) is 12.2 Å². The number of benzene rings is 1. The molecule has 1 aromatic carbocycles. The van der Waals surface area contributed by atoms with Gasteiger partial charge < -0.3 is 15.2 Å². The second-order valence-electron chi connectivity index (χ2n) is 4.14. The first kappa shape index (κ1) is 14.7. The van der Waals surface area contributed by atoms with Crippen molar-refractivity contribution in [2.75, 3.05) is 17.2 Å². The van der Waals surface area contributed by atoms with Gasteiger partial charge in [-0.05, 0) is 19.1 Å². The predicted molar refractivity (Wildman–Crippen MR) is 79.4 cm³/mol. The maximum absolute atomic E-state index is 11.7. The van der Waals surface area contributed by atoms with Crippen LogP contribution in [0.25, 0.3) is 0 Å². The van der Waals surface area contributed by atoms with Crippen LogP contribution in [0.4, 0.5) is 11.5 Å². The van der Waals surface area contributed by atoms with E-state index in [9.17, 15) is 4.79 Å². The highest BCUT2D eigenvalue weighted by atomic mass is 35.5. The van der Waals surface area contributed by atoms with Crippen LogP contribution in [-0.2, 0) is 4.79 Å². The van der Waals surface area contributed by atoms with Gasteiger partial charge in [0.25, 0.3) is 0 Å². The number of amides is 1. The Balaban J connectivity index is 1.82. The van der Waals surface area contributed by atoms with E-state index in [0.717, 1.165) is 0 Å². The van der Waals surface area contributed by atoms with Crippen LogP contribution in [0.15, 0.2) is 28.8 Å². The molecule has 20 heavy (non-hydrogen) atoms. The Hall–Kier alpha value is -1.72. The molecule has 0 saturated carbocycles. The van der Waals surface area contributed by atoms with Crippen LogP contribution in [0.3, 0.4) is 0 Å². The van der Waals surface area contributed by atoms with Gasteiger partial charge in [0.15, 0.2) is 5.82 Å².